The Morgan fingerprint density at radius 1 is 1.25 bits per heavy atom. The van der Waals surface area contributed by atoms with E-state index < -0.39 is 5.56 Å². The summed E-state index contributed by atoms with van der Waals surface area (Å²) in [5.74, 6) is 5.64. The molecule has 2 rings (SSSR count). The van der Waals surface area contributed by atoms with E-state index in [0.717, 1.165) is 10.9 Å². The molecule has 0 radical (unpaired) electrons. The Kier molecular flexibility index (Phi) is 2.42. The highest BCUT2D eigenvalue weighted by atomic mass is 16.1. The van der Waals surface area contributed by atoms with Gasteiger partial charge in [-0.25, -0.2) is 0 Å². The molecule has 0 spiro atoms. The molecule has 1 aromatic carbocycles. The second-order valence-electron chi connectivity index (χ2n) is 3.12. The molecule has 0 saturated carbocycles. The number of nitrogens with zero attached hydrogens (tertiary/aromatic N) is 3. The van der Waals surface area contributed by atoms with E-state index in [9.17, 15) is 4.79 Å². The molecule has 0 saturated heterocycles. The summed E-state index contributed by atoms with van der Waals surface area (Å²) in [5, 5.41) is 10.1. The van der Waals surface area contributed by atoms with E-state index in [0.29, 0.717) is 11.4 Å². The summed E-state index contributed by atoms with van der Waals surface area (Å²) in [4.78, 5) is 11.2. The van der Waals surface area contributed by atoms with E-state index >= 15 is 0 Å². The zero-order valence-electron chi connectivity index (χ0n) is 8.29. The van der Waals surface area contributed by atoms with Crippen LogP contribution >= 0.6 is 0 Å². The zero-order valence-corrected chi connectivity index (χ0v) is 8.29. The van der Waals surface area contributed by atoms with E-state index in [-0.39, 0.29) is 5.95 Å². The summed E-state index contributed by atoms with van der Waals surface area (Å²) in [6.45, 7) is 0. The summed E-state index contributed by atoms with van der Waals surface area (Å²) >= 11 is 0. The van der Waals surface area contributed by atoms with Gasteiger partial charge in [-0.15, -0.1) is 10.2 Å². The summed E-state index contributed by atoms with van der Waals surface area (Å²) < 4.78 is 0.878. The molecule has 1 aromatic heterocycles. The molecule has 0 aliphatic rings. The predicted octanol–water partition coefficient (Wildman–Crippen LogP) is -0.322. The molecule has 82 valence electrons. The van der Waals surface area contributed by atoms with Gasteiger partial charge in [0, 0.05) is 11.4 Å². The Hall–Kier alpha value is -2.57. The van der Waals surface area contributed by atoms with Crippen LogP contribution in [0.15, 0.2) is 35.3 Å². The summed E-state index contributed by atoms with van der Waals surface area (Å²) in [7, 11) is 0. The standard InChI is InChI=1S/C9H10N6O/c10-6-1-3-7(4-2-6)13-9-14-12-5-8(16)15(9)11/h1-5H,10-11H2,(H,13,14). The van der Waals surface area contributed by atoms with Gasteiger partial charge in [0.15, 0.2) is 0 Å². The fourth-order valence-corrected chi connectivity index (χ4v) is 1.13. The van der Waals surface area contributed by atoms with Crippen molar-refractivity contribution in [3.8, 4) is 0 Å². The van der Waals surface area contributed by atoms with E-state index in [2.05, 4.69) is 15.5 Å². The molecule has 7 nitrogen and oxygen atoms in total. The third-order valence-corrected chi connectivity index (χ3v) is 1.95. The van der Waals surface area contributed by atoms with E-state index in [1.807, 2.05) is 0 Å². The maximum Gasteiger partial charge on any atom is 0.292 e. The van der Waals surface area contributed by atoms with Crippen molar-refractivity contribution in [1.29, 1.82) is 0 Å². The van der Waals surface area contributed by atoms with Crippen molar-refractivity contribution < 1.29 is 0 Å². The quantitative estimate of drug-likeness (QED) is 0.470. The molecule has 5 N–H and O–H groups in total. The minimum Gasteiger partial charge on any atom is -0.399 e. The number of aromatic nitrogens is 3. The van der Waals surface area contributed by atoms with Gasteiger partial charge in [0.1, 0.15) is 6.20 Å². The Bertz CT molecular complexity index is 547. The van der Waals surface area contributed by atoms with Gasteiger partial charge in [0.2, 0.25) is 5.95 Å². The van der Waals surface area contributed by atoms with Crippen molar-refractivity contribution in [2.24, 2.45) is 0 Å². The SMILES string of the molecule is Nc1ccc(Nc2nncc(=O)n2N)cc1. The van der Waals surface area contributed by atoms with Crippen molar-refractivity contribution >= 4 is 17.3 Å². The Morgan fingerprint density at radius 2 is 1.94 bits per heavy atom. The minimum absolute atomic E-state index is 0.164. The topological polar surface area (TPSA) is 112 Å². The largest absolute Gasteiger partial charge is 0.399 e. The molecular formula is C9H10N6O. The molecule has 0 amide bonds. The van der Waals surface area contributed by atoms with Crippen LogP contribution < -0.4 is 22.5 Å². The first kappa shape index (κ1) is 9.97. The van der Waals surface area contributed by atoms with Crippen LogP contribution in [0.3, 0.4) is 0 Å². The lowest BCUT2D eigenvalue weighted by Gasteiger charge is -2.07. The lowest BCUT2D eigenvalue weighted by atomic mass is 10.3. The van der Waals surface area contributed by atoms with Crippen molar-refractivity contribution in [2.75, 3.05) is 16.9 Å². The second-order valence-corrected chi connectivity index (χ2v) is 3.12. The van der Waals surface area contributed by atoms with Crippen molar-refractivity contribution in [3.63, 3.8) is 0 Å². The molecule has 0 aliphatic heterocycles. The van der Waals surface area contributed by atoms with Crippen LogP contribution in [0.2, 0.25) is 0 Å². The lowest BCUT2D eigenvalue weighted by Crippen LogP contribution is -2.30. The van der Waals surface area contributed by atoms with Gasteiger partial charge < -0.3 is 16.9 Å². The number of benzene rings is 1. The normalized spacial score (nSPS) is 10.0. The number of anilines is 3. The first-order chi connectivity index (χ1) is 7.66. The maximum atomic E-state index is 11.2. The number of nitrogens with two attached hydrogens (primary N) is 2. The molecule has 0 aliphatic carbocycles. The minimum atomic E-state index is -0.437. The third-order valence-electron chi connectivity index (χ3n) is 1.95. The van der Waals surface area contributed by atoms with E-state index in [1.165, 1.54) is 0 Å². The van der Waals surface area contributed by atoms with Gasteiger partial charge in [-0.05, 0) is 24.3 Å². The van der Waals surface area contributed by atoms with Gasteiger partial charge in [0.05, 0.1) is 0 Å². The smallest absolute Gasteiger partial charge is 0.292 e. The summed E-state index contributed by atoms with van der Waals surface area (Å²) in [6.07, 6.45) is 1.04. The van der Waals surface area contributed by atoms with Gasteiger partial charge in [-0.3, -0.25) is 4.79 Å². The summed E-state index contributed by atoms with van der Waals surface area (Å²) in [5.41, 5.74) is 6.47. The zero-order chi connectivity index (χ0) is 11.5. The maximum absolute atomic E-state index is 11.2. The Balaban J connectivity index is 2.30. The number of hydrogen-bond acceptors (Lipinski definition) is 6. The number of nitrogens with one attached hydrogen (secondary N) is 1. The summed E-state index contributed by atoms with van der Waals surface area (Å²) in [6, 6.07) is 6.93. The van der Waals surface area contributed by atoms with E-state index in [4.69, 9.17) is 11.6 Å². The molecule has 0 unspecified atom stereocenters. The van der Waals surface area contributed by atoms with Crippen LogP contribution in [0, 0.1) is 0 Å². The van der Waals surface area contributed by atoms with Crippen LogP contribution in [0.1, 0.15) is 0 Å². The van der Waals surface area contributed by atoms with Gasteiger partial charge in [0.25, 0.3) is 5.56 Å². The monoisotopic (exact) mass is 218 g/mol. The molecule has 0 atom stereocenters. The first-order valence-corrected chi connectivity index (χ1v) is 4.49. The second kappa shape index (κ2) is 3.89. The molecule has 0 fully saturated rings. The van der Waals surface area contributed by atoms with Crippen molar-refractivity contribution in [2.45, 2.75) is 0 Å². The average Bonchev–Trinajstić information content (AvgIpc) is 2.28. The average molecular weight is 218 g/mol. The predicted molar refractivity (Wildman–Crippen MR) is 60.6 cm³/mol. The molecule has 0 bridgehead atoms. The van der Waals surface area contributed by atoms with E-state index in [1.54, 1.807) is 24.3 Å². The number of nitrogen functional groups attached to an aromatic ring is 2. The third kappa shape index (κ3) is 1.92. The fraction of sp³-hybridized carbons (Fsp3) is 0. The number of rotatable bonds is 2. The fourth-order valence-electron chi connectivity index (χ4n) is 1.13. The van der Waals surface area contributed by atoms with Crippen LogP contribution in [-0.4, -0.2) is 14.9 Å². The molecule has 1 heterocycles. The first-order valence-electron chi connectivity index (χ1n) is 4.49. The molecular weight excluding hydrogens is 208 g/mol. The highest BCUT2D eigenvalue weighted by Gasteiger charge is 2.02. The van der Waals surface area contributed by atoms with Crippen LogP contribution in [0.5, 0.6) is 0 Å². The molecule has 7 heteroatoms. The molecule has 2 aromatic rings. The Labute approximate surface area is 90.7 Å². The molecule has 16 heavy (non-hydrogen) atoms. The van der Waals surface area contributed by atoms with Crippen molar-refractivity contribution in [3.05, 3.63) is 40.8 Å². The highest BCUT2D eigenvalue weighted by molar-refractivity contribution is 5.56. The van der Waals surface area contributed by atoms with Gasteiger partial charge in [-0.1, -0.05) is 0 Å². The van der Waals surface area contributed by atoms with Crippen LogP contribution in [0.4, 0.5) is 17.3 Å². The highest BCUT2D eigenvalue weighted by Crippen LogP contribution is 2.13. The van der Waals surface area contributed by atoms with Gasteiger partial charge >= 0.3 is 0 Å². The lowest BCUT2D eigenvalue weighted by molar-refractivity contribution is 0.836. The number of hydrogen-bond donors (Lipinski definition) is 3. The Morgan fingerprint density at radius 3 is 2.62 bits per heavy atom. The van der Waals surface area contributed by atoms with Crippen molar-refractivity contribution in [1.82, 2.24) is 14.9 Å². The van der Waals surface area contributed by atoms with Crippen LogP contribution in [-0.2, 0) is 0 Å². The van der Waals surface area contributed by atoms with Gasteiger partial charge in [-0.2, -0.15) is 4.68 Å². The van der Waals surface area contributed by atoms with Crippen LogP contribution in [0.25, 0.3) is 0 Å².